The van der Waals surface area contributed by atoms with Crippen LogP contribution in [0.3, 0.4) is 0 Å². The minimum atomic E-state index is 0.458. The van der Waals surface area contributed by atoms with Gasteiger partial charge in [0.2, 0.25) is 0 Å². The lowest BCUT2D eigenvalue weighted by molar-refractivity contribution is 0.211. The number of aromatic nitrogens is 5. The average Bonchev–Trinajstić information content (AvgIpc) is 3.57. The molecule has 0 bridgehead atoms. The normalized spacial score (nSPS) is 19.0. The van der Waals surface area contributed by atoms with Crippen molar-refractivity contribution in [2.24, 2.45) is 13.0 Å². The highest BCUT2D eigenvalue weighted by molar-refractivity contribution is 9.10. The van der Waals surface area contributed by atoms with Crippen molar-refractivity contribution < 1.29 is 0 Å². The van der Waals surface area contributed by atoms with E-state index in [1.807, 2.05) is 30.2 Å². The second-order valence-electron chi connectivity index (χ2n) is 12.1. The smallest absolute Gasteiger partial charge is 0.159 e. The molecule has 2 aliphatic heterocycles. The number of piperazine rings is 1. The molecule has 0 atom stereocenters. The predicted molar refractivity (Wildman–Crippen MR) is 173 cm³/mol. The van der Waals surface area contributed by atoms with Gasteiger partial charge in [-0.2, -0.15) is 5.10 Å². The summed E-state index contributed by atoms with van der Waals surface area (Å²) in [7, 11) is 1.96. The van der Waals surface area contributed by atoms with Gasteiger partial charge in [-0.1, -0.05) is 0 Å². The second-order valence-corrected chi connectivity index (χ2v) is 12.9. The molecule has 0 spiro atoms. The number of H-pyrrole nitrogens is 1. The number of hydrogen-bond donors (Lipinski definition) is 3. The van der Waals surface area contributed by atoms with Crippen molar-refractivity contribution in [3.05, 3.63) is 47.2 Å². The maximum absolute atomic E-state index is 5.02. The van der Waals surface area contributed by atoms with Crippen LogP contribution in [0.2, 0.25) is 0 Å². The molecular weight excluding hydrogens is 592 g/mol. The van der Waals surface area contributed by atoms with E-state index < -0.39 is 0 Å². The number of fused-ring (bicyclic) bond motifs is 1. The van der Waals surface area contributed by atoms with Crippen LogP contribution < -0.4 is 15.5 Å². The van der Waals surface area contributed by atoms with Gasteiger partial charge >= 0.3 is 0 Å². The van der Waals surface area contributed by atoms with E-state index in [1.165, 1.54) is 38.2 Å². The number of anilines is 3. The summed E-state index contributed by atoms with van der Waals surface area (Å²) in [6.07, 6.45) is 8.89. The van der Waals surface area contributed by atoms with Gasteiger partial charge in [0.1, 0.15) is 17.2 Å². The molecule has 5 heterocycles. The third-order valence-corrected chi connectivity index (χ3v) is 9.65. The van der Waals surface area contributed by atoms with Gasteiger partial charge in [0, 0.05) is 95.5 Å². The standard InChI is InChI=1S/C31H41BrN10/c1-39-27(8-11-35-39)33-12-15-40-16-18-42(19-17-40)25-6-4-23(5-7-25)30-37-29-28(26(32)20-34-31(29)38-30)36-24-9-13-41(14-10-24)21-22-2-3-22/h4-8,11,20,22,24,33H,2-3,9-10,12-19,21H2,1H3,(H2,34,36,37,38). The van der Waals surface area contributed by atoms with Crippen molar-refractivity contribution in [1.29, 1.82) is 0 Å². The van der Waals surface area contributed by atoms with Crippen LogP contribution in [0.1, 0.15) is 25.7 Å². The summed E-state index contributed by atoms with van der Waals surface area (Å²) in [6.45, 7) is 9.79. The average molecular weight is 634 g/mol. The number of pyridine rings is 1. The summed E-state index contributed by atoms with van der Waals surface area (Å²) < 4.78 is 2.84. The third-order valence-electron chi connectivity index (χ3n) is 9.05. The molecule has 3 N–H and O–H groups in total. The molecule has 3 aliphatic rings. The topological polar surface area (TPSA) is 93.2 Å². The van der Waals surface area contributed by atoms with E-state index in [0.29, 0.717) is 6.04 Å². The third kappa shape index (κ3) is 6.28. The molecule has 3 aromatic heterocycles. The summed E-state index contributed by atoms with van der Waals surface area (Å²) in [5.74, 6) is 2.88. The minimum absolute atomic E-state index is 0.458. The van der Waals surface area contributed by atoms with Crippen LogP contribution >= 0.6 is 15.9 Å². The van der Waals surface area contributed by atoms with Crippen molar-refractivity contribution in [3.8, 4) is 11.4 Å². The first-order chi connectivity index (χ1) is 20.6. The Kier molecular flexibility index (Phi) is 8.05. The van der Waals surface area contributed by atoms with Crippen LogP contribution in [0, 0.1) is 5.92 Å². The maximum atomic E-state index is 5.02. The molecule has 3 fully saturated rings. The number of piperidine rings is 1. The quantitative estimate of drug-likeness (QED) is 0.233. The number of halogens is 1. The Labute approximate surface area is 256 Å². The van der Waals surface area contributed by atoms with Crippen molar-refractivity contribution in [1.82, 2.24) is 34.5 Å². The van der Waals surface area contributed by atoms with Gasteiger partial charge in [-0.25, -0.2) is 9.97 Å². The van der Waals surface area contributed by atoms with Gasteiger partial charge in [0.25, 0.3) is 0 Å². The van der Waals surface area contributed by atoms with Crippen LogP contribution in [0.5, 0.6) is 0 Å². The monoisotopic (exact) mass is 632 g/mol. The Bertz CT molecular complexity index is 1480. The van der Waals surface area contributed by atoms with E-state index in [9.17, 15) is 0 Å². The zero-order valence-electron chi connectivity index (χ0n) is 24.4. The summed E-state index contributed by atoms with van der Waals surface area (Å²) >= 11 is 3.74. The van der Waals surface area contributed by atoms with E-state index in [-0.39, 0.29) is 0 Å². The minimum Gasteiger partial charge on any atom is -0.379 e. The largest absolute Gasteiger partial charge is 0.379 e. The fourth-order valence-electron chi connectivity index (χ4n) is 6.28. The molecule has 1 aromatic carbocycles. The number of rotatable bonds is 10. The predicted octanol–water partition coefficient (Wildman–Crippen LogP) is 4.64. The Balaban J connectivity index is 0.952. The molecule has 0 amide bonds. The van der Waals surface area contributed by atoms with E-state index in [2.05, 4.69) is 80.6 Å². The molecule has 0 radical (unpaired) electrons. The van der Waals surface area contributed by atoms with E-state index in [0.717, 1.165) is 96.6 Å². The molecule has 4 aromatic rings. The van der Waals surface area contributed by atoms with Crippen LogP contribution in [0.15, 0.2) is 47.2 Å². The Morgan fingerprint density at radius 3 is 2.45 bits per heavy atom. The molecule has 2 saturated heterocycles. The molecule has 11 heteroatoms. The molecule has 0 unspecified atom stereocenters. The Morgan fingerprint density at radius 1 is 0.952 bits per heavy atom. The highest BCUT2D eigenvalue weighted by atomic mass is 79.9. The Hall–Kier alpha value is -3.15. The highest BCUT2D eigenvalue weighted by Gasteiger charge is 2.27. The van der Waals surface area contributed by atoms with Crippen LogP contribution in [0.25, 0.3) is 22.6 Å². The van der Waals surface area contributed by atoms with E-state index in [1.54, 1.807) is 0 Å². The highest BCUT2D eigenvalue weighted by Crippen LogP contribution is 2.34. The Morgan fingerprint density at radius 2 is 1.74 bits per heavy atom. The number of imidazole rings is 1. The molecule has 42 heavy (non-hydrogen) atoms. The van der Waals surface area contributed by atoms with Crippen LogP contribution in [-0.2, 0) is 7.05 Å². The number of benzene rings is 1. The molecule has 222 valence electrons. The van der Waals surface area contributed by atoms with Gasteiger partial charge in [0.05, 0.1) is 16.4 Å². The molecular formula is C31H41BrN10. The zero-order chi connectivity index (χ0) is 28.5. The summed E-state index contributed by atoms with van der Waals surface area (Å²) in [5, 5.41) is 11.5. The van der Waals surface area contributed by atoms with E-state index >= 15 is 0 Å². The van der Waals surface area contributed by atoms with Crippen molar-refractivity contribution >= 4 is 44.3 Å². The lowest BCUT2D eigenvalue weighted by atomic mass is 10.0. The first kappa shape index (κ1) is 27.7. The van der Waals surface area contributed by atoms with Gasteiger partial charge in [-0.3, -0.25) is 9.58 Å². The fraction of sp³-hybridized carbons (Fsp3) is 0.516. The maximum Gasteiger partial charge on any atom is 0.159 e. The number of aromatic amines is 1. The number of nitrogens with one attached hydrogen (secondary N) is 3. The van der Waals surface area contributed by atoms with Gasteiger partial charge in [-0.15, -0.1) is 0 Å². The van der Waals surface area contributed by atoms with Crippen LogP contribution in [-0.4, -0.2) is 99.5 Å². The summed E-state index contributed by atoms with van der Waals surface area (Å²) in [5.41, 5.74) is 5.11. The second kappa shape index (κ2) is 12.2. The lowest BCUT2D eigenvalue weighted by Crippen LogP contribution is -2.47. The first-order valence-corrected chi connectivity index (χ1v) is 16.2. The summed E-state index contributed by atoms with van der Waals surface area (Å²) in [6, 6.07) is 11.3. The number of likely N-dealkylation sites (tertiary alicyclic amines) is 1. The van der Waals surface area contributed by atoms with Gasteiger partial charge in [0.15, 0.2) is 5.65 Å². The van der Waals surface area contributed by atoms with Crippen LogP contribution in [0.4, 0.5) is 17.2 Å². The molecule has 1 aliphatic carbocycles. The molecule has 1 saturated carbocycles. The number of nitrogens with zero attached hydrogens (tertiary/aromatic N) is 7. The van der Waals surface area contributed by atoms with Gasteiger partial charge in [-0.05, 0) is 71.8 Å². The number of aryl methyl sites for hydroxylation is 1. The van der Waals surface area contributed by atoms with Crippen molar-refractivity contribution in [2.45, 2.75) is 31.7 Å². The van der Waals surface area contributed by atoms with Gasteiger partial charge < -0.3 is 25.4 Å². The van der Waals surface area contributed by atoms with E-state index in [4.69, 9.17) is 4.98 Å². The van der Waals surface area contributed by atoms with Crippen molar-refractivity contribution in [3.63, 3.8) is 0 Å². The number of hydrogen-bond acceptors (Lipinski definition) is 8. The summed E-state index contributed by atoms with van der Waals surface area (Å²) in [4.78, 5) is 20.8. The van der Waals surface area contributed by atoms with Crippen molar-refractivity contribution in [2.75, 3.05) is 74.4 Å². The fourth-order valence-corrected chi connectivity index (χ4v) is 6.69. The molecule has 7 rings (SSSR count). The zero-order valence-corrected chi connectivity index (χ0v) is 26.0. The SMILES string of the molecule is Cn1nccc1NCCN1CCN(c2ccc(-c3nc4c(NC5CCN(CC6CC6)CC5)c(Br)cnc4[nH]3)cc2)CC1. The molecule has 10 nitrogen and oxygen atoms in total. The first-order valence-electron chi connectivity index (χ1n) is 15.4. The lowest BCUT2D eigenvalue weighted by Gasteiger charge is -2.36.